The number of benzene rings is 1. The van der Waals surface area contributed by atoms with Crippen LogP contribution in [0.1, 0.15) is 13.8 Å². The number of sulfonamides is 1. The van der Waals surface area contributed by atoms with Gasteiger partial charge in [-0.2, -0.15) is 4.31 Å². The van der Waals surface area contributed by atoms with Crippen molar-refractivity contribution in [3.8, 4) is 0 Å². The molecular weight excluding hydrogens is 317 g/mol. The zero-order chi connectivity index (χ0) is 14.1. The van der Waals surface area contributed by atoms with Crippen LogP contribution in [0.5, 0.6) is 0 Å². The average Bonchev–Trinajstić information content (AvgIpc) is 2.26. The van der Waals surface area contributed by atoms with Gasteiger partial charge in [0.15, 0.2) is 0 Å². The molecule has 0 unspecified atom stereocenters. The number of halogens is 3. The highest BCUT2D eigenvalue weighted by Crippen LogP contribution is 2.28. The van der Waals surface area contributed by atoms with Crippen LogP contribution in [0.4, 0.5) is 0 Å². The molecule has 0 aliphatic heterocycles. The lowest BCUT2D eigenvalue weighted by molar-refractivity contribution is 0.296. The summed E-state index contributed by atoms with van der Waals surface area (Å²) in [4.78, 5) is 0.0562. The molecule has 0 heterocycles. The van der Waals surface area contributed by atoms with Gasteiger partial charge in [-0.3, -0.25) is 0 Å². The maximum Gasteiger partial charge on any atom is 0.243 e. The van der Waals surface area contributed by atoms with Gasteiger partial charge in [0, 0.05) is 28.5 Å². The average molecular weight is 331 g/mol. The van der Waals surface area contributed by atoms with Crippen molar-refractivity contribution in [1.82, 2.24) is 4.31 Å². The molecule has 18 heavy (non-hydrogen) atoms. The lowest BCUT2D eigenvalue weighted by Gasteiger charge is -2.32. The van der Waals surface area contributed by atoms with Crippen LogP contribution in [0.2, 0.25) is 10.0 Å². The molecule has 0 radical (unpaired) electrons. The largest absolute Gasteiger partial charge is 0.243 e. The monoisotopic (exact) mass is 329 g/mol. The first-order valence-corrected chi connectivity index (χ1v) is 7.85. The Morgan fingerprint density at radius 1 is 1.17 bits per heavy atom. The van der Waals surface area contributed by atoms with Gasteiger partial charge < -0.3 is 0 Å². The van der Waals surface area contributed by atoms with Crippen molar-refractivity contribution in [2.24, 2.45) is 0 Å². The Bertz CT molecular complexity index is 523. The molecule has 0 N–H and O–H groups in total. The summed E-state index contributed by atoms with van der Waals surface area (Å²) < 4.78 is 26.0. The van der Waals surface area contributed by atoms with E-state index in [0.717, 1.165) is 0 Å². The first kappa shape index (κ1) is 16.1. The van der Waals surface area contributed by atoms with Gasteiger partial charge in [0.2, 0.25) is 10.0 Å². The molecule has 0 aromatic heterocycles. The predicted molar refractivity (Wildman–Crippen MR) is 76.2 cm³/mol. The van der Waals surface area contributed by atoms with E-state index in [4.69, 9.17) is 34.8 Å². The molecule has 0 atom stereocenters. The molecule has 0 fully saturated rings. The summed E-state index contributed by atoms with van der Waals surface area (Å²) in [5.41, 5.74) is -0.699. The fraction of sp³-hybridized carbons (Fsp3) is 0.455. The van der Waals surface area contributed by atoms with E-state index in [0.29, 0.717) is 0 Å². The van der Waals surface area contributed by atoms with E-state index in [1.165, 1.54) is 29.6 Å². The first-order chi connectivity index (χ1) is 8.11. The van der Waals surface area contributed by atoms with E-state index < -0.39 is 15.6 Å². The summed E-state index contributed by atoms with van der Waals surface area (Å²) in [7, 11) is -2.20. The van der Waals surface area contributed by atoms with Gasteiger partial charge in [0.1, 0.15) is 0 Å². The maximum absolute atomic E-state index is 12.4. The minimum absolute atomic E-state index is 0.0562. The minimum Gasteiger partial charge on any atom is -0.207 e. The molecule has 102 valence electrons. The molecule has 3 nitrogen and oxygen atoms in total. The molecule has 1 rings (SSSR count). The zero-order valence-electron chi connectivity index (χ0n) is 10.2. The molecule has 1 aromatic rings. The minimum atomic E-state index is -3.67. The summed E-state index contributed by atoms with van der Waals surface area (Å²) in [5.74, 6) is 0.178. The molecule has 0 aliphatic rings. The molecule has 0 amide bonds. The number of alkyl halides is 1. The Morgan fingerprint density at radius 3 is 2.00 bits per heavy atom. The van der Waals surface area contributed by atoms with Gasteiger partial charge in [0.25, 0.3) is 0 Å². The molecule has 0 saturated heterocycles. The van der Waals surface area contributed by atoms with Crippen LogP contribution in [0.3, 0.4) is 0 Å². The van der Waals surface area contributed by atoms with Crippen molar-refractivity contribution in [1.29, 1.82) is 0 Å². The Hall–Kier alpha value is -0.000000000000000111. The highest BCUT2D eigenvalue weighted by atomic mass is 35.5. The van der Waals surface area contributed by atoms with Crippen LogP contribution in [0.15, 0.2) is 23.1 Å². The van der Waals surface area contributed by atoms with E-state index in [1.807, 2.05) is 0 Å². The fourth-order valence-corrected chi connectivity index (χ4v) is 3.73. The predicted octanol–water partition coefficient (Wildman–Crippen LogP) is 3.63. The van der Waals surface area contributed by atoms with Crippen LogP contribution in [0, 0.1) is 0 Å². The lowest BCUT2D eigenvalue weighted by Crippen LogP contribution is -2.46. The van der Waals surface area contributed by atoms with Gasteiger partial charge in [-0.15, -0.1) is 11.6 Å². The van der Waals surface area contributed by atoms with Gasteiger partial charge >= 0.3 is 0 Å². The van der Waals surface area contributed by atoms with Gasteiger partial charge in [-0.1, -0.05) is 23.2 Å². The molecule has 1 aromatic carbocycles. The van der Waals surface area contributed by atoms with Crippen LogP contribution in [-0.2, 0) is 10.0 Å². The topological polar surface area (TPSA) is 37.4 Å². The normalized spacial score (nSPS) is 13.1. The van der Waals surface area contributed by atoms with Crippen LogP contribution in [0.25, 0.3) is 0 Å². The second kappa shape index (κ2) is 5.55. The smallest absolute Gasteiger partial charge is 0.207 e. The molecule has 0 aliphatic carbocycles. The third-order valence-electron chi connectivity index (χ3n) is 2.67. The molecule has 0 spiro atoms. The SMILES string of the molecule is CN(C(C)(C)CCl)S(=O)(=O)c1cc(Cl)cc(Cl)c1. The van der Waals surface area contributed by atoms with Gasteiger partial charge in [-0.25, -0.2) is 8.42 Å². The number of rotatable bonds is 4. The third kappa shape index (κ3) is 3.31. The summed E-state index contributed by atoms with van der Waals surface area (Å²) >= 11 is 17.4. The summed E-state index contributed by atoms with van der Waals surface area (Å²) in [6, 6.07) is 4.21. The first-order valence-electron chi connectivity index (χ1n) is 5.12. The van der Waals surface area contributed by atoms with Crippen molar-refractivity contribution in [3.05, 3.63) is 28.2 Å². The highest BCUT2D eigenvalue weighted by Gasteiger charge is 2.33. The third-order valence-corrected chi connectivity index (χ3v) is 5.81. The van der Waals surface area contributed by atoms with E-state index in [2.05, 4.69) is 0 Å². The summed E-state index contributed by atoms with van der Waals surface area (Å²) in [6.07, 6.45) is 0. The Morgan fingerprint density at radius 2 is 1.61 bits per heavy atom. The van der Waals surface area contributed by atoms with Crippen molar-refractivity contribution in [2.75, 3.05) is 12.9 Å². The van der Waals surface area contributed by atoms with Crippen LogP contribution < -0.4 is 0 Å². The van der Waals surface area contributed by atoms with Crippen molar-refractivity contribution >= 4 is 44.8 Å². The second-order valence-electron chi connectivity index (χ2n) is 4.52. The molecular formula is C11H14Cl3NO2S. The van der Waals surface area contributed by atoms with Gasteiger partial charge in [0.05, 0.1) is 4.90 Å². The number of nitrogens with zero attached hydrogens (tertiary/aromatic N) is 1. The Labute approximate surface area is 123 Å². The Balaban J connectivity index is 3.30. The quantitative estimate of drug-likeness (QED) is 0.791. The van der Waals surface area contributed by atoms with E-state index in [9.17, 15) is 8.42 Å². The molecule has 0 saturated carbocycles. The van der Waals surface area contributed by atoms with Crippen molar-refractivity contribution in [3.63, 3.8) is 0 Å². The van der Waals surface area contributed by atoms with E-state index in [-0.39, 0.29) is 20.8 Å². The molecule has 0 bridgehead atoms. The maximum atomic E-state index is 12.4. The Kier molecular flexibility index (Phi) is 4.95. The second-order valence-corrected chi connectivity index (χ2v) is 7.63. The highest BCUT2D eigenvalue weighted by molar-refractivity contribution is 7.89. The van der Waals surface area contributed by atoms with Gasteiger partial charge in [-0.05, 0) is 32.0 Å². The van der Waals surface area contributed by atoms with Crippen LogP contribution in [-0.4, -0.2) is 31.2 Å². The van der Waals surface area contributed by atoms with E-state index in [1.54, 1.807) is 13.8 Å². The summed E-state index contributed by atoms with van der Waals surface area (Å²) in [6.45, 7) is 3.48. The summed E-state index contributed by atoms with van der Waals surface area (Å²) in [5, 5.41) is 0.552. The van der Waals surface area contributed by atoms with Crippen molar-refractivity contribution < 1.29 is 8.42 Å². The fourth-order valence-electron chi connectivity index (χ4n) is 1.25. The zero-order valence-corrected chi connectivity index (χ0v) is 13.3. The number of hydrogen-bond donors (Lipinski definition) is 0. The van der Waals surface area contributed by atoms with Crippen LogP contribution >= 0.6 is 34.8 Å². The number of hydrogen-bond acceptors (Lipinski definition) is 2. The lowest BCUT2D eigenvalue weighted by atomic mass is 10.1. The van der Waals surface area contributed by atoms with Crippen molar-refractivity contribution in [2.45, 2.75) is 24.3 Å². The molecule has 7 heteroatoms. The standard InChI is InChI=1S/C11H14Cl3NO2S/c1-11(2,7-12)15(3)18(16,17)10-5-8(13)4-9(14)6-10/h4-6H,7H2,1-3H3. The van der Waals surface area contributed by atoms with E-state index >= 15 is 0 Å².